The minimum absolute atomic E-state index is 0.0112. The molecule has 6 heteroatoms. The maximum Gasteiger partial charge on any atom is 0.239 e. The van der Waals surface area contributed by atoms with Crippen LogP contribution < -0.4 is 21.5 Å². The lowest BCUT2D eigenvalue weighted by Crippen LogP contribution is -2.51. The summed E-state index contributed by atoms with van der Waals surface area (Å²) in [7, 11) is 0. The number of amides is 1. The predicted molar refractivity (Wildman–Crippen MR) is 91.6 cm³/mol. The molecule has 2 fully saturated rings. The standard InChI is InChI=1S/C18H27FN4O/c1-18(2,3)16(11-4-6-12(19)7-5-11)21-17(24)15-13-10-20-9-8-14(13)22-23-15/h4-7,13-16,20,22-23H,8-10H2,1-3H3,(H,21,24). The smallest absolute Gasteiger partial charge is 0.239 e. The molecule has 1 amide bonds. The Hall–Kier alpha value is -1.50. The van der Waals surface area contributed by atoms with Crippen LogP contribution in [0.1, 0.15) is 38.8 Å². The highest BCUT2D eigenvalue weighted by Crippen LogP contribution is 2.33. The van der Waals surface area contributed by atoms with E-state index in [1.807, 2.05) is 0 Å². The summed E-state index contributed by atoms with van der Waals surface area (Å²) in [5.41, 5.74) is 7.14. The van der Waals surface area contributed by atoms with Crippen molar-refractivity contribution in [2.45, 2.75) is 45.3 Å². The number of rotatable bonds is 3. The van der Waals surface area contributed by atoms with Crippen LogP contribution >= 0.6 is 0 Å². The highest BCUT2D eigenvalue weighted by molar-refractivity contribution is 5.83. The molecule has 4 N–H and O–H groups in total. The topological polar surface area (TPSA) is 65.2 Å². The zero-order chi connectivity index (χ0) is 17.3. The number of carbonyl (C=O) groups excluding carboxylic acids is 1. The first kappa shape index (κ1) is 17.3. The second-order valence-electron chi connectivity index (χ2n) is 7.89. The largest absolute Gasteiger partial charge is 0.347 e. The second kappa shape index (κ2) is 6.78. The van der Waals surface area contributed by atoms with E-state index in [1.54, 1.807) is 12.1 Å². The monoisotopic (exact) mass is 334 g/mol. The third-order valence-corrected chi connectivity index (χ3v) is 5.02. The molecule has 132 valence electrons. The third kappa shape index (κ3) is 3.61. The molecule has 24 heavy (non-hydrogen) atoms. The number of benzene rings is 1. The van der Waals surface area contributed by atoms with Crippen molar-refractivity contribution in [1.82, 2.24) is 21.5 Å². The first-order valence-corrected chi connectivity index (χ1v) is 8.64. The summed E-state index contributed by atoms with van der Waals surface area (Å²) in [6.07, 6.45) is 1.02. The molecule has 5 nitrogen and oxygen atoms in total. The molecule has 4 atom stereocenters. The summed E-state index contributed by atoms with van der Waals surface area (Å²) in [4.78, 5) is 12.9. The second-order valence-corrected chi connectivity index (χ2v) is 7.89. The molecule has 3 rings (SSSR count). The van der Waals surface area contributed by atoms with Crippen molar-refractivity contribution in [3.05, 3.63) is 35.6 Å². The van der Waals surface area contributed by atoms with E-state index in [0.29, 0.717) is 6.04 Å². The molecule has 2 aliphatic rings. The molecule has 2 heterocycles. The van der Waals surface area contributed by atoms with Crippen molar-refractivity contribution in [3.63, 3.8) is 0 Å². The van der Waals surface area contributed by atoms with E-state index >= 15 is 0 Å². The van der Waals surface area contributed by atoms with Crippen LogP contribution in [0.3, 0.4) is 0 Å². The molecule has 0 bridgehead atoms. The Morgan fingerprint density at radius 3 is 2.62 bits per heavy atom. The Balaban J connectivity index is 1.75. The highest BCUT2D eigenvalue weighted by Gasteiger charge is 2.42. The molecule has 0 saturated carbocycles. The number of piperidine rings is 1. The lowest BCUT2D eigenvalue weighted by Gasteiger charge is -2.34. The van der Waals surface area contributed by atoms with E-state index in [0.717, 1.165) is 25.1 Å². The van der Waals surface area contributed by atoms with Gasteiger partial charge in [-0.2, -0.15) is 0 Å². The molecule has 0 aliphatic carbocycles. The average Bonchev–Trinajstić information content (AvgIpc) is 2.96. The molecule has 0 radical (unpaired) electrons. The Labute approximate surface area is 142 Å². The van der Waals surface area contributed by atoms with Crippen LogP contribution in [-0.2, 0) is 4.79 Å². The van der Waals surface area contributed by atoms with Crippen LogP contribution in [0.15, 0.2) is 24.3 Å². The van der Waals surface area contributed by atoms with Gasteiger partial charge in [-0.05, 0) is 36.1 Å². The quantitative estimate of drug-likeness (QED) is 0.676. The average molecular weight is 334 g/mol. The maximum absolute atomic E-state index is 13.2. The first-order chi connectivity index (χ1) is 11.4. The fraction of sp³-hybridized carbons (Fsp3) is 0.611. The van der Waals surface area contributed by atoms with Gasteiger partial charge in [-0.1, -0.05) is 32.9 Å². The van der Waals surface area contributed by atoms with Gasteiger partial charge >= 0.3 is 0 Å². The number of hydrazine groups is 1. The summed E-state index contributed by atoms with van der Waals surface area (Å²) >= 11 is 0. The summed E-state index contributed by atoms with van der Waals surface area (Å²) in [5.74, 6) is -0.0361. The zero-order valence-corrected chi connectivity index (χ0v) is 14.5. The number of nitrogens with one attached hydrogen (secondary N) is 4. The number of carbonyl (C=O) groups is 1. The fourth-order valence-corrected chi connectivity index (χ4v) is 3.66. The predicted octanol–water partition coefficient (Wildman–Crippen LogP) is 1.48. The van der Waals surface area contributed by atoms with Crippen LogP contribution in [0.25, 0.3) is 0 Å². The first-order valence-electron chi connectivity index (χ1n) is 8.64. The SMILES string of the molecule is CC(C)(C)C(NC(=O)C1NNC2CCNCC21)c1ccc(F)cc1. The van der Waals surface area contributed by atoms with Crippen LogP contribution in [0.5, 0.6) is 0 Å². The van der Waals surface area contributed by atoms with Crippen molar-refractivity contribution in [1.29, 1.82) is 0 Å². The maximum atomic E-state index is 13.2. The van der Waals surface area contributed by atoms with Crippen LogP contribution in [0.2, 0.25) is 0 Å². The number of hydrogen-bond donors (Lipinski definition) is 4. The third-order valence-electron chi connectivity index (χ3n) is 5.02. The van der Waals surface area contributed by atoms with Crippen LogP contribution in [0, 0.1) is 17.2 Å². The summed E-state index contributed by atoms with van der Waals surface area (Å²) in [6, 6.07) is 6.28. The number of hydrogen-bond acceptors (Lipinski definition) is 4. The van der Waals surface area contributed by atoms with Crippen molar-refractivity contribution in [2.75, 3.05) is 13.1 Å². The van der Waals surface area contributed by atoms with E-state index < -0.39 is 0 Å². The van der Waals surface area contributed by atoms with Crippen molar-refractivity contribution in [2.24, 2.45) is 11.3 Å². The van der Waals surface area contributed by atoms with Gasteiger partial charge in [-0.15, -0.1) is 0 Å². The number of fused-ring (bicyclic) bond motifs is 1. The Kier molecular flexibility index (Phi) is 4.90. The zero-order valence-electron chi connectivity index (χ0n) is 14.5. The van der Waals surface area contributed by atoms with E-state index in [-0.39, 0.29) is 35.1 Å². The van der Waals surface area contributed by atoms with Crippen LogP contribution in [0.4, 0.5) is 4.39 Å². The molecule has 2 saturated heterocycles. The Morgan fingerprint density at radius 1 is 1.25 bits per heavy atom. The van der Waals surface area contributed by atoms with Gasteiger partial charge in [0.1, 0.15) is 11.9 Å². The van der Waals surface area contributed by atoms with E-state index in [2.05, 4.69) is 42.3 Å². The molecule has 1 aromatic rings. The normalized spacial score (nSPS) is 28.2. The van der Waals surface area contributed by atoms with Gasteiger partial charge in [0.2, 0.25) is 5.91 Å². The Morgan fingerprint density at radius 2 is 1.96 bits per heavy atom. The van der Waals surface area contributed by atoms with Crippen molar-refractivity contribution < 1.29 is 9.18 Å². The van der Waals surface area contributed by atoms with E-state index in [4.69, 9.17) is 0 Å². The molecule has 2 aliphatic heterocycles. The summed E-state index contributed by atoms with van der Waals surface area (Å²) < 4.78 is 13.2. The Bertz CT molecular complexity index is 584. The fourth-order valence-electron chi connectivity index (χ4n) is 3.66. The summed E-state index contributed by atoms with van der Waals surface area (Å²) in [6.45, 7) is 8.04. The highest BCUT2D eigenvalue weighted by atomic mass is 19.1. The minimum atomic E-state index is -0.268. The molecule has 1 aromatic carbocycles. The molecular formula is C18H27FN4O. The van der Waals surface area contributed by atoms with Gasteiger partial charge in [0.25, 0.3) is 0 Å². The van der Waals surface area contributed by atoms with Crippen LogP contribution in [-0.4, -0.2) is 31.1 Å². The summed E-state index contributed by atoms with van der Waals surface area (Å²) in [5, 5.41) is 6.54. The van der Waals surface area contributed by atoms with Gasteiger partial charge in [0.15, 0.2) is 0 Å². The lowest BCUT2D eigenvalue weighted by molar-refractivity contribution is -0.125. The minimum Gasteiger partial charge on any atom is -0.347 e. The van der Waals surface area contributed by atoms with Gasteiger partial charge in [-0.3, -0.25) is 10.2 Å². The molecular weight excluding hydrogens is 307 g/mol. The lowest BCUT2D eigenvalue weighted by atomic mass is 9.81. The van der Waals surface area contributed by atoms with E-state index in [9.17, 15) is 9.18 Å². The van der Waals surface area contributed by atoms with Crippen molar-refractivity contribution >= 4 is 5.91 Å². The van der Waals surface area contributed by atoms with Gasteiger partial charge < -0.3 is 10.6 Å². The molecule has 0 aromatic heterocycles. The van der Waals surface area contributed by atoms with Crippen molar-refractivity contribution in [3.8, 4) is 0 Å². The van der Waals surface area contributed by atoms with Gasteiger partial charge in [-0.25, -0.2) is 9.82 Å². The number of halogens is 1. The van der Waals surface area contributed by atoms with Gasteiger partial charge in [0, 0.05) is 18.5 Å². The van der Waals surface area contributed by atoms with E-state index in [1.165, 1.54) is 12.1 Å². The molecule has 0 spiro atoms. The molecule has 4 unspecified atom stereocenters. The van der Waals surface area contributed by atoms with Gasteiger partial charge in [0.05, 0.1) is 6.04 Å².